The number of hydrogen-bond donors (Lipinski definition) is 2. The van der Waals surface area contributed by atoms with E-state index in [0.29, 0.717) is 18.8 Å². The number of aromatic nitrogens is 1. The molecule has 41 heavy (non-hydrogen) atoms. The number of fused-ring (bicyclic) bond motifs is 2. The van der Waals surface area contributed by atoms with Crippen LogP contribution in [0.25, 0.3) is 27.2 Å². The van der Waals surface area contributed by atoms with Gasteiger partial charge in [-0.25, -0.2) is 4.98 Å². The largest absolute Gasteiger partial charge is 0.481 e. The SMILES string of the molecule is C/C=C\C=C(/C)c1ccc2nc(OC)c([C@@H](c3ccccc3)[C@](O)(CCNC)c3cccc4ccccc34)cc2c1. The Morgan fingerprint density at radius 3 is 2.46 bits per heavy atom. The molecule has 1 heterocycles. The van der Waals surface area contributed by atoms with Gasteiger partial charge < -0.3 is 15.2 Å². The van der Waals surface area contributed by atoms with Crippen molar-refractivity contribution in [3.05, 3.63) is 138 Å². The summed E-state index contributed by atoms with van der Waals surface area (Å²) >= 11 is 0. The molecule has 0 bridgehead atoms. The van der Waals surface area contributed by atoms with Crippen LogP contribution in [-0.4, -0.2) is 30.8 Å². The Kier molecular flexibility index (Phi) is 8.63. The summed E-state index contributed by atoms with van der Waals surface area (Å²) in [5.41, 5.74) is 4.62. The second-order valence-corrected chi connectivity index (χ2v) is 10.5. The van der Waals surface area contributed by atoms with Gasteiger partial charge >= 0.3 is 0 Å². The highest BCUT2D eigenvalue weighted by Gasteiger charge is 2.43. The summed E-state index contributed by atoms with van der Waals surface area (Å²) in [7, 11) is 3.58. The highest BCUT2D eigenvalue weighted by molar-refractivity contribution is 5.87. The predicted octanol–water partition coefficient (Wildman–Crippen LogP) is 8.01. The summed E-state index contributed by atoms with van der Waals surface area (Å²) in [6.07, 6.45) is 6.68. The molecule has 4 nitrogen and oxygen atoms in total. The summed E-state index contributed by atoms with van der Waals surface area (Å²) in [6.45, 7) is 4.76. The molecule has 0 fully saturated rings. The highest BCUT2D eigenvalue weighted by Crippen LogP contribution is 2.48. The quantitative estimate of drug-likeness (QED) is 0.176. The molecule has 0 aliphatic carbocycles. The third kappa shape index (κ3) is 5.67. The van der Waals surface area contributed by atoms with Crippen LogP contribution >= 0.6 is 0 Å². The topological polar surface area (TPSA) is 54.4 Å². The lowest BCUT2D eigenvalue weighted by Gasteiger charge is -2.39. The van der Waals surface area contributed by atoms with E-state index >= 15 is 0 Å². The number of allylic oxidation sites excluding steroid dienone is 4. The normalized spacial score (nSPS) is 14.4. The van der Waals surface area contributed by atoms with Crippen LogP contribution in [0.1, 0.15) is 48.4 Å². The van der Waals surface area contributed by atoms with Gasteiger partial charge in [-0.05, 0) is 85.1 Å². The minimum Gasteiger partial charge on any atom is -0.481 e. The minimum absolute atomic E-state index is 0.446. The summed E-state index contributed by atoms with van der Waals surface area (Å²) < 4.78 is 5.95. The van der Waals surface area contributed by atoms with E-state index in [9.17, 15) is 5.11 Å². The van der Waals surface area contributed by atoms with Crippen LogP contribution < -0.4 is 10.1 Å². The first-order valence-corrected chi connectivity index (χ1v) is 14.2. The molecule has 2 N–H and O–H groups in total. The number of methoxy groups -OCH3 is 1. The first-order valence-electron chi connectivity index (χ1n) is 14.2. The van der Waals surface area contributed by atoms with Gasteiger partial charge in [-0.1, -0.05) is 97.1 Å². The molecule has 2 atom stereocenters. The van der Waals surface area contributed by atoms with Crippen molar-refractivity contribution < 1.29 is 9.84 Å². The summed E-state index contributed by atoms with van der Waals surface area (Å²) in [4.78, 5) is 4.97. The van der Waals surface area contributed by atoms with E-state index in [2.05, 4.69) is 79.0 Å². The number of pyridine rings is 1. The lowest BCUT2D eigenvalue weighted by Crippen LogP contribution is -2.37. The Morgan fingerprint density at radius 1 is 0.951 bits per heavy atom. The van der Waals surface area contributed by atoms with Crippen LogP contribution in [0.4, 0.5) is 0 Å². The summed E-state index contributed by atoms with van der Waals surface area (Å²) in [5.74, 6) is 0.0708. The van der Waals surface area contributed by atoms with Gasteiger partial charge in [0.2, 0.25) is 5.88 Å². The van der Waals surface area contributed by atoms with Gasteiger partial charge in [-0.2, -0.15) is 0 Å². The van der Waals surface area contributed by atoms with Crippen LogP contribution in [0.3, 0.4) is 0 Å². The average Bonchev–Trinajstić information content (AvgIpc) is 3.02. The molecule has 0 spiro atoms. The van der Waals surface area contributed by atoms with E-state index in [-0.39, 0.29) is 0 Å². The first kappa shape index (κ1) is 28.3. The fourth-order valence-corrected chi connectivity index (χ4v) is 5.84. The molecule has 208 valence electrons. The van der Waals surface area contributed by atoms with E-state index < -0.39 is 11.5 Å². The van der Waals surface area contributed by atoms with Gasteiger partial charge in [0.05, 0.1) is 12.6 Å². The maximum atomic E-state index is 13.1. The molecule has 0 amide bonds. The number of nitrogens with one attached hydrogen (secondary N) is 1. The van der Waals surface area contributed by atoms with E-state index in [4.69, 9.17) is 9.72 Å². The van der Waals surface area contributed by atoms with Gasteiger partial charge in [0.1, 0.15) is 5.60 Å². The Bertz CT molecular complexity index is 1700. The van der Waals surface area contributed by atoms with Gasteiger partial charge in [-0.15, -0.1) is 0 Å². The zero-order valence-corrected chi connectivity index (χ0v) is 24.3. The predicted molar refractivity (Wildman–Crippen MR) is 171 cm³/mol. The third-order valence-corrected chi connectivity index (χ3v) is 7.93. The minimum atomic E-state index is -1.27. The Morgan fingerprint density at radius 2 is 1.71 bits per heavy atom. The molecule has 0 saturated heterocycles. The molecular formula is C37H38N2O2. The van der Waals surface area contributed by atoms with Crippen molar-refractivity contribution in [2.24, 2.45) is 0 Å². The second kappa shape index (κ2) is 12.5. The molecule has 0 aliphatic rings. The molecule has 5 aromatic rings. The zero-order chi connectivity index (χ0) is 28.8. The third-order valence-electron chi connectivity index (χ3n) is 7.93. The molecule has 5 rings (SSSR count). The molecule has 0 radical (unpaired) electrons. The van der Waals surface area contributed by atoms with Crippen molar-refractivity contribution in [1.29, 1.82) is 0 Å². The van der Waals surface area contributed by atoms with E-state index in [1.165, 1.54) is 5.57 Å². The molecule has 4 heteroatoms. The standard InChI is InChI=1S/C37H38N2O2/c1-5-6-13-26(2)29-20-21-34-30(24-29)25-32(36(39-34)41-4)35(28-15-8-7-9-16-28)37(40,22-23-38-3)33-19-12-17-27-14-10-11-18-31(27)33/h5-21,24-25,35,38,40H,22-23H2,1-4H3/b6-5-,26-13+/t35-,37+/m1/s1. The van der Waals surface area contributed by atoms with Crippen LogP contribution in [0.2, 0.25) is 0 Å². The number of nitrogens with zero attached hydrogens (tertiary/aromatic N) is 1. The summed E-state index contributed by atoms with van der Waals surface area (Å²) in [5, 5.41) is 19.5. The first-order chi connectivity index (χ1) is 20.0. The van der Waals surface area contributed by atoms with Gasteiger partial charge in [-0.3, -0.25) is 0 Å². The fourth-order valence-electron chi connectivity index (χ4n) is 5.84. The number of benzene rings is 4. The monoisotopic (exact) mass is 542 g/mol. The van der Waals surface area contributed by atoms with E-state index in [1.54, 1.807) is 7.11 Å². The molecule has 1 aromatic heterocycles. The maximum Gasteiger partial charge on any atom is 0.217 e. The van der Waals surface area contributed by atoms with Crippen molar-refractivity contribution >= 4 is 27.2 Å². The van der Waals surface area contributed by atoms with Crippen molar-refractivity contribution in [2.45, 2.75) is 31.8 Å². The van der Waals surface area contributed by atoms with Gasteiger partial charge in [0, 0.05) is 16.9 Å². The molecule has 0 unspecified atom stereocenters. The Labute approximate surface area is 243 Å². The van der Waals surface area contributed by atoms with Crippen molar-refractivity contribution in [2.75, 3.05) is 20.7 Å². The fraction of sp³-hybridized carbons (Fsp3) is 0.216. The smallest absolute Gasteiger partial charge is 0.217 e. The number of hydrogen-bond acceptors (Lipinski definition) is 4. The van der Waals surface area contributed by atoms with Crippen LogP contribution in [0, 0.1) is 0 Å². The molecule has 0 saturated carbocycles. The lowest BCUT2D eigenvalue weighted by atomic mass is 9.70. The molecular weight excluding hydrogens is 504 g/mol. The van der Waals surface area contributed by atoms with Crippen molar-refractivity contribution in [1.82, 2.24) is 10.3 Å². The number of aliphatic hydroxyl groups is 1. The Balaban J connectivity index is 1.81. The molecule has 0 aliphatic heterocycles. The van der Waals surface area contributed by atoms with Gasteiger partial charge in [0.25, 0.3) is 0 Å². The van der Waals surface area contributed by atoms with Crippen molar-refractivity contribution in [3.8, 4) is 5.88 Å². The van der Waals surface area contributed by atoms with Crippen molar-refractivity contribution in [3.63, 3.8) is 0 Å². The summed E-state index contributed by atoms with van der Waals surface area (Å²) in [6, 6.07) is 33.1. The molecule has 4 aromatic carbocycles. The lowest BCUT2D eigenvalue weighted by molar-refractivity contribution is 0.0118. The van der Waals surface area contributed by atoms with E-state index in [0.717, 1.165) is 43.9 Å². The Hall–Kier alpha value is -4.25. The van der Waals surface area contributed by atoms with Crippen LogP contribution in [0.15, 0.2) is 115 Å². The number of ether oxygens (including phenoxy) is 1. The average molecular weight is 543 g/mol. The second-order valence-electron chi connectivity index (χ2n) is 10.5. The van der Waals surface area contributed by atoms with Crippen LogP contribution in [-0.2, 0) is 5.60 Å². The zero-order valence-electron chi connectivity index (χ0n) is 24.3. The van der Waals surface area contributed by atoms with Crippen LogP contribution in [0.5, 0.6) is 5.88 Å². The van der Waals surface area contributed by atoms with E-state index in [1.807, 2.05) is 62.5 Å². The highest BCUT2D eigenvalue weighted by atomic mass is 16.5. The van der Waals surface area contributed by atoms with Gasteiger partial charge in [0.15, 0.2) is 0 Å². The maximum absolute atomic E-state index is 13.1. The number of rotatable bonds is 10.